The van der Waals surface area contributed by atoms with Gasteiger partial charge in [0.15, 0.2) is 0 Å². The van der Waals surface area contributed by atoms with Crippen molar-refractivity contribution in [1.29, 1.82) is 0 Å². The topological polar surface area (TPSA) is 68.8 Å². The SMILES string of the molecule is Cn1ncnc1CC(CCC1CCCC1)NN. The van der Waals surface area contributed by atoms with E-state index in [1.807, 2.05) is 11.7 Å². The molecule has 0 radical (unpaired) electrons. The summed E-state index contributed by atoms with van der Waals surface area (Å²) in [6, 6.07) is 0.318. The van der Waals surface area contributed by atoms with Gasteiger partial charge in [0.05, 0.1) is 0 Å². The van der Waals surface area contributed by atoms with Gasteiger partial charge in [-0.3, -0.25) is 16.0 Å². The van der Waals surface area contributed by atoms with E-state index in [9.17, 15) is 0 Å². The second-order valence-corrected chi connectivity index (χ2v) is 5.10. The Balaban J connectivity index is 1.78. The van der Waals surface area contributed by atoms with Crippen LogP contribution >= 0.6 is 0 Å². The highest BCUT2D eigenvalue weighted by Gasteiger charge is 2.18. The minimum atomic E-state index is 0.318. The summed E-state index contributed by atoms with van der Waals surface area (Å²) in [5, 5.41) is 4.08. The molecule has 0 spiro atoms. The molecule has 0 amide bonds. The zero-order valence-electron chi connectivity index (χ0n) is 10.6. The van der Waals surface area contributed by atoms with Crippen LogP contribution in [0.25, 0.3) is 0 Å². The summed E-state index contributed by atoms with van der Waals surface area (Å²) in [5.74, 6) is 7.54. The summed E-state index contributed by atoms with van der Waals surface area (Å²) in [5.41, 5.74) is 2.91. The molecule has 0 aliphatic heterocycles. The number of hydrogen-bond donors (Lipinski definition) is 2. The Morgan fingerprint density at radius 2 is 2.29 bits per heavy atom. The molecule has 1 aliphatic carbocycles. The van der Waals surface area contributed by atoms with Crippen LogP contribution in [0.5, 0.6) is 0 Å². The largest absolute Gasteiger partial charge is 0.271 e. The third-order valence-electron chi connectivity index (χ3n) is 3.87. The molecule has 1 fully saturated rings. The first-order valence-electron chi connectivity index (χ1n) is 6.58. The lowest BCUT2D eigenvalue weighted by Gasteiger charge is -2.17. The van der Waals surface area contributed by atoms with Crippen molar-refractivity contribution in [3.63, 3.8) is 0 Å². The molecule has 1 heterocycles. The van der Waals surface area contributed by atoms with Gasteiger partial charge in [-0.2, -0.15) is 5.10 Å². The van der Waals surface area contributed by atoms with Gasteiger partial charge in [-0.15, -0.1) is 0 Å². The lowest BCUT2D eigenvalue weighted by atomic mass is 9.97. The fourth-order valence-electron chi connectivity index (χ4n) is 2.71. The Morgan fingerprint density at radius 1 is 1.53 bits per heavy atom. The van der Waals surface area contributed by atoms with Crippen molar-refractivity contribution in [3.05, 3.63) is 12.2 Å². The number of nitrogens with one attached hydrogen (secondary N) is 1. The summed E-state index contributed by atoms with van der Waals surface area (Å²) < 4.78 is 1.82. The monoisotopic (exact) mass is 237 g/mol. The van der Waals surface area contributed by atoms with Crippen molar-refractivity contribution in [2.45, 2.75) is 51.0 Å². The number of nitrogens with zero attached hydrogens (tertiary/aromatic N) is 3. The molecule has 1 aromatic rings. The van der Waals surface area contributed by atoms with E-state index in [4.69, 9.17) is 5.84 Å². The van der Waals surface area contributed by atoms with Gasteiger partial charge in [-0.05, 0) is 18.8 Å². The number of aryl methyl sites for hydroxylation is 1. The normalized spacial score (nSPS) is 18.7. The molecule has 0 bridgehead atoms. The number of hydrazine groups is 1. The zero-order chi connectivity index (χ0) is 12.1. The first-order valence-corrected chi connectivity index (χ1v) is 6.58. The van der Waals surface area contributed by atoms with E-state index < -0.39 is 0 Å². The Kier molecular flexibility index (Phi) is 4.50. The Morgan fingerprint density at radius 3 is 2.88 bits per heavy atom. The van der Waals surface area contributed by atoms with Crippen LogP contribution in [-0.2, 0) is 13.5 Å². The molecule has 0 saturated heterocycles. The molecule has 2 rings (SSSR count). The lowest BCUT2D eigenvalue weighted by Crippen LogP contribution is -2.37. The highest BCUT2D eigenvalue weighted by Crippen LogP contribution is 2.29. The summed E-state index contributed by atoms with van der Waals surface area (Å²) >= 11 is 0. The maximum atomic E-state index is 5.62. The minimum absolute atomic E-state index is 0.318. The van der Waals surface area contributed by atoms with Crippen molar-refractivity contribution < 1.29 is 0 Å². The molecule has 0 aromatic carbocycles. The van der Waals surface area contributed by atoms with E-state index in [-0.39, 0.29) is 0 Å². The molecule has 1 aliphatic rings. The van der Waals surface area contributed by atoms with Gasteiger partial charge in [0.2, 0.25) is 0 Å². The van der Waals surface area contributed by atoms with Crippen LogP contribution < -0.4 is 11.3 Å². The summed E-state index contributed by atoms with van der Waals surface area (Å²) in [6.07, 6.45) is 10.5. The molecule has 96 valence electrons. The number of aromatic nitrogens is 3. The minimum Gasteiger partial charge on any atom is -0.271 e. The van der Waals surface area contributed by atoms with Crippen molar-refractivity contribution in [2.24, 2.45) is 18.8 Å². The van der Waals surface area contributed by atoms with Gasteiger partial charge in [0.25, 0.3) is 0 Å². The third kappa shape index (κ3) is 3.51. The van der Waals surface area contributed by atoms with E-state index in [1.54, 1.807) is 6.33 Å². The average molecular weight is 237 g/mol. The van der Waals surface area contributed by atoms with Crippen LogP contribution in [0.2, 0.25) is 0 Å². The molecule has 1 unspecified atom stereocenters. The second-order valence-electron chi connectivity index (χ2n) is 5.10. The quantitative estimate of drug-likeness (QED) is 0.575. The van der Waals surface area contributed by atoms with Gasteiger partial charge in [0.1, 0.15) is 12.2 Å². The maximum absolute atomic E-state index is 5.62. The fraction of sp³-hybridized carbons (Fsp3) is 0.833. The van der Waals surface area contributed by atoms with Gasteiger partial charge in [-0.25, -0.2) is 4.98 Å². The van der Waals surface area contributed by atoms with Crippen LogP contribution in [0, 0.1) is 5.92 Å². The molecule has 1 aromatic heterocycles. The van der Waals surface area contributed by atoms with E-state index in [0.29, 0.717) is 6.04 Å². The van der Waals surface area contributed by atoms with Crippen LogP contribution in [0.1, 0.15) is 44.3 Å². The molecule has 1 saturated carbocycles. The number of nitrogens with two attached hydrogens (primary N) is 1. The third-order valence-corrected chi connectivity index (χ3v) is 3.87. The molecule has 17 heavy (non-hydrogen) atoms. The smallest absolute Gasteiger partial charge is 0.138 e. The molecular formula is C12H23N5. The molecule has 5 nitrogen and oxygen atoms in total. The van der Waals surface area contributed by atoms with Gasteiger partial charge in [0, 0.05) is 19.5 Å². The van der Waals surface area contributed by atoms with E-state index >= 15 is 0 Å². The van der Waals surface area contributed by atoms with Crippen LogP contribution in [0.15, 0.2) is 6.33 Å². The standard InChI is InChI=1S/C12H23N5/c1-17-12(14-9-15-17)8-11(16-13)7-6-10-4-2-3-5-10/h9-11,16H,2-8,13H2,1H3. The van der Waals surface area contributed by atoms with Gasteiger partial charge in [-0.1, -0.05) is 25.7 Å². The highest BCUT2D eigenvalue weighted by atomic mass is 15.3. The van der Waals surface area contributed by atoms with Crippen molar-refractivity contribution in [1.82, 2.24) is 20.2 Å². The summed E-state index contributed by atoms with van der Waals surface area (Å²) in [4.78, 5) is 4.24. The van der Waals surface area contributed by atoms with E-state index in [0.717, 1.165) is 24.6 Å². The fourth-order valence-corrected chi connectivity index (χ4v) is 2.71. The Labute approximate surface area is 103 Å². The maximum Gasteiger partial charge on any atom is 0.138 e. The molecular weight excluding hydrogens is 214 g/mol. The van der Waals surface area contributed by atoms with E-state index in [1.165, 1.54) is 32.1 Å². The molecule has 3 N–H and O–H groups in total. The Hall–Kier alpha value is -0.940. The zero-order valence-corrected chi connectivity index (χ0v) is 10.6. The number of rotatable bonds is 6. The van der Waals surface area contributed by atoms with Crippen LogP contribution in [0.3, 0.4) is 0 Å². The van der Waals surface area contributed by atoms with Gasteiger partial charge >= 0.3 is 0 Å². The second kappa shape index (κ2) is 6.12. The first-order chi connectivity index (χ1) is 8.29. The predicted octanol–water partition coefficient (Wildman–Crippen LogP) is 1.16. The molecule has 5 heteroatoms. The summed E-state index contributed by atoms with van der Waals surface area (Å²) in [6.45, 7) is 0. The van der Waals surface area contributed by atoms with Crippen molar-refractivity contribution in [3.8, 4) is 0 Å². The summed E-state index contributed by atoms with van der Waals surface area (Å²) in [7, 11) is 1.92. The Bertz CT molecular complexity index is 329. The van der Waals surface area contributed by atoms with E-state index in [2.05, 4.69) is 15.5 Å². The van der Waals surface area contributed by atoms with Crippen molar-refractivity contribution in [2.75, 3.05) is 0 Å². The average Bonchev–Trinajstić information content (AvgIpc) is 2.96. The highest BCUT2D eigenvalue weighted by molar-refractivity contribution is 4.88. The first kappa shape index (κ1) is 12.5. The molecule has 1 atom stereocenters. The van der Waals surface area contributed by atoms with Gasteiger partial charge < -0.3 is 0 Å². The van der Waals surface area contributed by atoms with Crippen molar-refractivity contribution >= 4 is 0 Å². The number of hydrogen-bond acceptors (Lipinski definition) is 4. The predicted molar refractivity (Wildman–Crippen MR) is 67.0 cm³/mol. The van der Waals surface area contributed by atoms with Crippen LogP contribution in [0.4, 0.5) is 0 Å². The van der Waals surface area contributed by atoms with Crippen LogP contribution in [-0.4, -0.2) is 20.8 Å². The lowest BCUT2D eigenvalue weighted by molar-refractivity contribution is 0.400.